The van der Waals surface area contributed by atoms with Crippen LogP contribution in [0.4, 0.5) is 0 Å². The van der Waals surface area contributed by atoms with Crippen molar-refractivity contribution in [1.82, 2.24) is 20.4 Å². The number of hydrogen-bond donors (Lipinski definition) is 1. The lowest BCUT2D eigenvalue weighted by Crippen LogP contribution is -2.36. The van der Waals surface area contributed by atoms with Gasteiger partial charge in [0, 0.05) is 32.5 Å². The van der Waals surface area contributed by atoms with E-state index in [2.05, 4.69) is 15.5 Å². The van der Waals surface area contributed by atoms with Crippen molar-refractivity contribution in [2.24, 2.45) is 0 Å². The third-order valence-corrected chi connectivity index (χ3v) is 3.61. The molecule has 0 aliphatic heterocycles. The van der Waals surface area contributed by atoms with Crippen LogP contribution in [0.5, 0.6) is 11.5 Å². The zero-order valence-corrected chi connectivity index (χ0v) is 15.2. The molecule has 9 heteroatoms. The topological polar surface area (TPSA) is 107 Å². The zero-order chi connectivity index (χ0) is 19.1. The summed E-state index contributed by atoms with van der Waals surface area (Å²) in [6.07, 6.45) is 0.427. The minimum Gasteiger partial charge on any atom is -0.493 e. The van der Waals surface area contributed by atoms with Gasteiger partial charge in [-0.1, -0.05) is 5.16 Å². The normalized spacial score (nSPS) is 10.3. The molecule has 0 fully saturated rings. The fourth-order valence-corrected chi connectivity index (χ4v) is 2.09. The monoisotopic (exact) mass is 362 g/mol. The molecule has 140 valence electrons. The second-order valence-electron chi connectivity index (χ2n) is 5.65. The van der Waals surface area contributed by atoms with Gasteiger partial charge in [0.15, 0.2) is 11.5 Å². The molecule has 0 aliphatic carbocycles. The molecular weight excluding hydrogens is 340 g/mol. The first kappa shape index (κ1) is 19.2. The highest BCUT2D eigenvalue weighted by Crippen LogP contribution is 2.31. The number of nitrogens with one attached hydrogen (secondary N) is 1. The van der Waals surface area contributed by atoms with Gasteiger partial charge in [-0.25, -0.2) is 0 Å². The Balaban J connectivity index is 1.93. The molecule has 0 atom stereocenters. The van der Waals surface area contributed by atoms with Gasteiger partial charge in [0.1, 0.15) is 0 Å². The summed E-state index contributed by atoms with van der Waals surface area (Å²) in [6, 6.07) is 5.28. The molecule has 0 spiro atoms. The van der Waals surface area contributed by atoms with Crippen molar-refractivity contribution in [3.05, 3.63) is 24.1 Å². The largest absolute Gasteiger partial charge is 0.493 e. The Morgan fingerprint density at radius 2 is 1.92 bits per heavy atom. The molecule has 0 aliphatic rings. The predicted molar refractivity (Wildman–Crippen MR) is 92.9 cm³/mol. The molecule has 2 rings (SSSR count). The number of benzene rings is 1. The highest BCUT2D eigenvalue weighted by Gasteiger charge is 2.14. The number of aryl methyl sites for hydroxylation is 1. The van der Waals surface area contributed by atoms with Crippen molar-refractivity contribution in [2.75, 3.05) is 34.9 Å². The Morgan fingerprint density at radius 1 is 1.19 bits per heavy atom. The minimum atomic E-state index is -0.258. The summed E-state index contributed by atoms with van der Waals surface area (Å²) in [5.41, 5.74) is 0.707. The van der Waals surface area contributed by atoms with E-state index in [1.54, 1.807) is 46.5 Å². The molecule has 1 aromatic heterocycles. The summed E-state index contributed by atoms with van der Waals surface area (Å²) >= 11 is 0. The summed E-state index contributed by atoms with van der Waals surface area (Å²) in [5.74, 6) is 1.45. The smallest absolute Gasteiger partial charge is 0.241 e. The number of carbonyl (C=O) groups is 2. The van der Waals surface area contributed by atoms with E-state index in [1.165, 1.54) is 4.90 Å². The van der Waals surface area contributed by atoms with Gasteiger partial charge in [0.25, 0.3) is 0 Å². The molecular formula is C17H22N4O5. The van der Waals surface area contributed by atoms with Gasteiger partial charge >= 0.3 is 0 Å². The van der Waals surface area contributed by atoms with Crippen LogP contribution in [0, 0.1) is 0 Å². The fourth-order valence-electron chi connectivity index (χ4n) is 2.09. The van der Waals surface area contributed by atoms with E-state index >= 15 is 0 Å². The van der Waals surface area contributed by atoms with Crippen molar-refractivity contribution in [3.8, 4) is 22.9 Å². The summed E-state index contributed by atoms with van der Waals surface area (Å²) in [7, 11) is 6.36. The lowest BCUT2D eigenvalue weighted by Gasteiger charge is -2.10. The number of likely N-dealkylation sites (N-methyl/N-ethyl adjacent to an activating group) is 1. The number of amides is 2. The van der Waals surface area contributed by atoms with Crippen LogP contribution in [0.3, 0.4) is 0 Å². The van der Waals surface area contributed by atoms with E-state index in [1.807, 2.05) is 0 Å². The Morgan fingerprint density at radius 3 is 2.58 bits per heavy atom. The first-order valence-electron chi connectivity index (χ1n) is 7.96. The molecule has 1 N–H and O–H groups in total. The first-order valence-corrected chi connectivity index (χ1v) is 7.96. The van der Waals surface area contributed by atoms with Gasteiger partial charge in [-0.05, 0) is 18.2 Å². The number of aromatic nitrogens is 2. The maximum atomic E-state index is 11.8. The van der Waals surface area contributed by atoms with Gasteiger partial charge in [0.05, 0.1) is 20.8 Å². The highest BCUT2D eigenvalue weighted by atomic mass is 16.5. The molecule has 0 bridgehead atoms. The fraction of sp³-hybridized carbons (Fsp3) is 0.412. The van der Waals surface area contributed by atoms with E-state index in [0.717, 1.165) is 0 Å². The molecule has 0 saturated heterocycles. The summed E-state index contributed by atoms with van der Waals surface area (Å²) in [5, 5.41) is 6.47. The van der Waals surface area contributed by atoms with Crippen molar-refractivity contribution in [1.29, 1.82) is 0 Å². The van der Waals surface area contributed by atoms with E-state index < -0.39 is 0 Å². The summed E-state index contributed by atoms with van der Waals surface area (Å²) in [6.45, 7) is -0.0352. The Labute approximate surface area is 151 Å². The molecule has 2 aromatic rings. The van der Waals surface area contributed by atoms with Crippen LogP contribution in [0.1, 0.15) is 12.3 Å². The second kappa shape index (κ2) is 8.84. The predicted octanol–water partition coefficient (Wildman–Crippen LogP) is 0.891. The van der Waals surface area contributed by atoms with E-state index in [-0.39, 0.29) is 31.2 Å². The van der Waals surface area contributed by atoms with E-state index in [0.29, 0.717) is 28.8 Å². The summed E-state index contributed by atoms with van der Waals surface area (Å²) < 4.78 is 15.6. The Hall–Kier alpha value is -3.10. The molecule has 0 saturated carbocycles. The van der Waals surface area contributed by atoms with E-state index in [4.69, 9.17) is 14.0 Å². The molecule has 1 heterocycles. The van der Waals surface area contributed by atoms with Crippen LogP contribution < -0.4 is 14.8 Å². The highest BCUT2D eigenvalue weighted by molar-refractivity contribution is 5.84. The first-order chi connectivity index (χ1) is 12.4. The van der Waals surface area contributed by atoms with Crippen LogP contribution in [0.25, 0.3) is 11.4 Å². The number of methoxy groups -OCH3 is 2. The van der Waals surface area contributed by atoms with Gasteiger partial charge in [-0.2, -0.15) is 4.98 Å². The quantitative estimate of drug-likeness (QED) is 0.743. The number of carbonyl (C=O) groups excluding carboxylic acids is 2. The zero-order valence-electron chi connectivity index (χ0n) is 15.2. The van der Waals surface area contributed by atoms with Gasteiger partial charge < -0.3 is 24.2 Å². The second-order valence-corrected chi connectivity index (χ2v) is 5.65. The molecule has 2 amide bonds. The van der Waals surface area contributed by atoms with Gasteiger partial charge in [-0.15, -0.1) is 0 Å². The van der Waals surface area contributed by atoms with E-state index in [9.17, 15) is 9.59 Å². The molecule has 26 heavy (non-hydrogen) atoms. The molecule has 1 aromatic carbocycles. The van der Waals surface area contributed by atoms with Crippen molar-refractivity contribution in [2.45, 2.75) is 12.8 Å². The van der Waals surface area contributed by atoms with Crippen molar-refractivity contribution in [3.63, 3.8) is 0 Å². The van der Waals surface area contributed by atoms with Crippen LogP contribution in [0.2, 0.25) is 0 Å². The standard InChI is InChI=1S/C17H22N4O5/c1-21(2)16(23)10-18-14(22)7-8-15-19-17(20-26-15)11-5-6-12(24-3)13(9-11)25-4/h5-6,9H,7-8,10H2,1-4H3,(H,18,22). The Kier molecular flexibility index (Phi) is 6.54. The molecule has 0 radical (unpaired) electrons. The third-order valence-electron chi connectivity index (χ3n) is 3.61. The lowest BCUT2D eigenvalue weighted by atomic mass is 10.2. The van der Waals surface area contributed by atoms with Crippen LogP contribution in [-0.2, 0) is 16.0 Å². The Bertz CT molecular complexity index is 772. The third kappa shape index (κ3) is 4.95. The SMILES string of the molecule is COc1ccc(-c2noc(CCC(=O)NCC(=O)N(C)C)n2)cc1OC. The number of ether oxygens (including phenoxy) is 2. The number of rotatable bonds is 8. The maximum Gasteiger partial charge on any atom is 0.241 e. The van der Waals surface area contributed by atoms with Gasteiger partial charge in [-0.3, -0.25) is 9.59 Å². The average Bonchev–Trinajstić information content (AvgIpc) is 3.12. The number of hydrogen-bond acceptors (Lipinski definition) is 7. The van der Waals surface area contributed by atoms with Crippen LogP contribution >= 0.6 is 0 Å². The van der Waals surface area contributed by atoms with Crippen molar-refractivity contribution >= 4 is 11.8 Å². The average molecular weight is 362 g/mol. The maximum absolute atomic E-state index is 11.8. The summed E-state index contributed by atoms with van der Waals surface area (Å²) in [4.78, 5) is 28.9. The lowest BCUT2D eigenvalue weighted by molar-refractivity contribution is -0.130. The van der Waals surface area contributed by atoms with Gasteiger partial charge in [0.2, 0.25) is 23.5 Å². The minimum absolute atomic E-state index is 0.0352. The van der Waals surface area contributed by atoms with Crippen LogP contribution in [0.15, 0.2) is 22.7 Å². The molecule has 0 unspecified atom stereocenters. The van der Waals surface area contributed by atoms with Crippen LogP contribution in [-0.4, -0.2) is 61.7 Å². The molecule has 9 nitrogen and oxygen atoms in total. The number of nitrogens with zero attached hydrogens (tertiary/aromatic N) is 3. The van der Waals surface area contributed by atoms with Crippen molar-refractivity contribution < 1.29 is 23.6 Å².